The van der Waals surface area contributed by atoms with E-state index in [0.717, 1.165) is 12.1 Å². The van der Waals surface area contributed by atoms with Crippen molar-refractivity contribution in [3.63, 3.8) is 0 Å². The van der Waals surface area contributed by atoms with Crippen LogP contribution in [0.5, 0.6) is 0 Å². The van der Waals surface area contributed by atoms with Crippen LogP contribution in [0, 0.1) is 0 Å². The zero-order valence-electron chi connectivity index (χ0n) is 13.8. The molecule has 0 spiro atoms. The highest BCUT2D eigenvalue weighted by molar-refractivity contribution is 5.92. The fraction of sp³-hybridized carbons (Fsp3) is 0.444. The van der Waals surface area contributed by atoms with Gasteiger partial charge >= 0.3 is 0 Å². The fourth-order valence-corrected chi connectivity index (χ4v) is 2.35. The third-order valence-electron chi connectivity index (χ3n) is 3.89. The van der Waals surface area contributed by atoms with Gasteiger partial charge in [-0.3, -0.25) is 9.89 Å². The van der Waals surface area contributed by atoms with Crippen LogP contribution >= 0.6 is 0 Å². The minimum Gasteiger partial charge on any atom is -0.350 e. The standard InChI is InChI=1S/C18H25N3O/c1-5-13(14-9-7-6-8-10-14)12-19-17(22)15-11-16(21-20-15)18(2,3)4/h6-11,13H,5,12H2,1-4H3,(H,19,22)(H,20,21). The molecule has 2 N–H and O–H groups in total. The van der Waals surface area contributed by atoms with E-state index in [1.54, 1.807) is 0 Å². The zero-order chi connectivity index (χ0) is 16.2. The van der Waals surface area contributed by atoms with Crippen LogP contribution in [0.2, 0.25) is 0 Å². The van der Waals surface area contributed by atoms with Gasteiger partial charge in [0.2, 0.25) is 0 Å². The molecule has 2 rings (SSSR count). The molecule has 22 heavy (non-hydrogen) atoms. The number of hydrogen-bond donors (Lipinski definition) is 2. The van der Waals surface area contributed by atoms with Crippen molar-refractivity contribution >= 4 is 5.91 Å². The van der Waals surface area contributed by atoms with Crippen LogP contribution in [-0.2, 0) is 5.41 Å². The normalized spacial score (nSPS) is 12.9. The molecule has 4 nitrogen and oxygen atoms in total. The average molecular weight is 299 g/mol. The molecule has 0 aliphatic carbocycles. The van der Waals surface area contributed by atoms with Crippen molar-refractivity contribution in [2.24, 2.45) is 0 Å². The maximum absolute atomic E-state index is 12.2. The van der Waals surface area contributed by atoms with Gasteiger partial charge in [0.15, 0.2) is 0 Å². The third kappa shape index (κ3) is 3.97. The molecule has 1 heterocycles. The minimum absolute atomic E-state index is 0.0402. The Morgan fingerprint density at radius 2 is 1.95 bits per heavy atom. The van der Waals surface area contributed by atoms with Crippen molar-refractivity contribution in [1.82, 2.24) is 15.5 Å². The lowest BCUT2D eigenvalue weighted by Crippen LogP contribution is -2.28. The molecule has 1 aromatic heterocycles. The van der Waals surface area contributed by atoms with Crippen molar-refractivity contribution in [2.45, 2.75) is 45.4 Å². The summed E-state index contributed by atoms with van der Waals surface area (Å²) in [6, 6.07) is 12.1. The number of aromatic amines is 1. The number of carbonyl (C=O) groups is 1. The number of hydrogen-bond acceptors (Lipinski definition) is 2. The summed E-state index contributed by atoms with van der Waals surface area (Å²) in [6.45, 7) is 9.02. The van der Waals surface area contributed by atoms with Crippen molar-refractivity contribution in [3.05, 3.63) is 53.3 Å². The molecule has 0 radical (unpaired) electrons. The van der Waals surface area contributed by atoms with E-state index < -0.39 is 0 Å². The number of nitrogens with one attached hydrogen (secondary N) is 2. The van der Waals surface area contributed by atoms with Gasteiger partial charge in [-0.15, -0.1) is 0 Å². The van der Waals surface area contributed by atoms with E-state index in [9.17, 15) is 4.79 Å². The molecular formula is C18H25N3O. The largest absolute Gasteiger partial charge is 0.350 e. The van der Waals surface area contributed by atoms with Gasteiger partial charge in [-0.1, -0.05) is 58.0 Å². The van der Waals surface area contributed by atoms with E-state index in [0.29, 0.717) is 18.2 Å². The van der Waals surface area contributed by atoms with Crippen LogP contribution in [0.1, 0.15) is 61.8 Å². The number of carbonyl (C=O) groups excluding carboxylic acids is 1. The third-order valence-corrected chi connectivity index (χ3v) is 3.89. The van der Waals surface area contributed by atoms with E-state index in [2.05, 4.69) is 55.3 Å². The van der Waals surface area contributed by atoms with Gasteiger partial charge in [0.05, 0.1) is 0 Å². The van der Waals surface area contributed by atoms with E-state index in [1.807, 2.05) is 24.3 Å². The summed E-state index contributed by atoms with van der Waals surface area (Å²) in [4.78, 5) is 12.2. The summed E-state index contributed by atoms with van der Waals surface area (Å²) >= 11 is 0. The van der Waals surface area contributed by atoms with Gasteiger partial charge in [0.25, 0.3) is 5.91 Å². The summed E-state index contributed by atoms with van der Waals surface area (Å²) in [5.74, 6) is 0.201. The Kier molecular flexibility index (Phi) is 5.01. The summed E-state index contributed by atoms with van der Waals surface area (Å²) in [5, 5.41) is 10.1. The van der Waals surface area contributed by atoms with Gasteiger partial charge in [-0.25, -0.2) is 0 Å². The number of benzene rings is 1. The van der Waals surface area contributed by atoms with E-state index >= 15 is 0 Å². The first-order chi connectivity index (χ1) is 10.4. The number of H-pyrrole nitrogens is 1. The number of aromatic nitrogens is 2. The molecule has 1 aromatic carbocycles. The predicted octanol–water partition coefficient (Wildman–Crippen LogP) is 3.63. The topological polar surface area (TPSA) is 57.8 Å². The lowest BCUT2D eigenvalue weighted by Gasteiger charge is -2.16. The fourth-order valence-electron chi connectivity index (χ4n) is 2.35. The molecule has 1 atom stereocenters. The quantitative estimate of drug-likeness (QED) is 0.885. The molecular weight excluding hydrogens is 274 g/mol. The average Bonchev–Trinajstić information content (AvgIpc) is 2.99. The minimum atomic E-state index is -0.124. The van der Waals surface area contributed by atoms with Crippen molar-refractivity contribution in [3.8, 4) is 0 Å². The lowest BCUT2D eigenvalue weighted by atomic mass is 9.92. The summed E-state index contributed by atoms with van der Waals surface area (Å²) < 4.78 is 0. The Balaban J connectivity index is 1.99. The Labute approximate surface area is 132 Å². The van der Waals surface area contributed by atoms with E-state index in [-0.39, 0.29) is 11.3 Å². The molecule has 118 valence electrons. The van der Waals surface area contributed by atoms with Crippen LogP contribution < -0.4 is 5.32 Å². The highest BCUT2D eigenvalue weighted by Gasteiger charge is 2.19. The molecule has 0 saturated heterocycles. The molecule has 0 aliphatic rings. The van der Waals surface area contributed by atoms with Crippen LogP contribution in [0.4, 0.5) is 0 Å². The summed E-state index contributed by atoms with van der Waals surface area (Å²) in [6.07, 6.45) is 0.984. The van der Waals surface area contributed by atoms with E-state index in [4.69, 9.17) is 0 Å². The monoisotopic (exact) mass is 299 g/mol. The van der Waals surface area contributed by atoms with Gasteiger partial charge in [-0.2, -0.15) is 5.10 Å². The van der Waals surface area contributed by atoms with Crippen LogP contribution in [-0.4, -0.2) is 22.6 Å². The first-order valence-corrected chi connectivity index (χ1v) is 7.81. The van der Waals surface area contributed by atoms with Gasteiger partial charge in [0, 0.05) is 23.6 Å². The van der Waals surface area contributed by atoms with Crippen molar-refractivity contribution < 1.29 is 4.79 Å². The smallest absolute Gasteiger partial charge is 0.271 e. The zero-order valence-corrected chi connectivity index (χ0v) is 13.8. The molecule has 1 unspecified atom stereocenters. The highest BCUT2D eigenvalue weighted by atomic mass is 16.1. The first-order valence-electron chi connectivity index (χ1n) is 7.81. The van der Waals surface area contributed by atoms with Crippen LogP contribution in [0.25, 0.3) is 0 Å². The first kappa shape index (κ1) is 16.3. The maximum atomic E-state index is 12.2. The lowest BCUT2D eigenvalue weighted by molar-refractivity contribution is 0.0946. The number of amides is 1. The molecule has 4 heteroatoms. The van der Waals surface area contributed by atoms with Gasteiger partial charge in [0.1, 0.15) is 5.69 Å². The Hall–Kier alpha value is -2.10. The molecule has 0 bridgehead atoms. The maximum Gasteiger partial charge on any atom is 0.271 e. The Morgan fingerprint density at radius 1 is 1.27 bits per heavy atom. The SMILES string of the molecule is CCC(CNC(=O)c1cc(C(C)(C)C)[nH]n1)c1ccccc1. The van der Waals surface area contributed by atoms with Crippen LogP contribution in [0.15, 0.2) is 36.4 Å². The Morgan fingerprint density at radius 3 is 2.50 bits per heavy atom. The summed E-state index contributed by atoms with van der Waals surface area (Å²) in [5.41, 5.74) is 2.63. The molecule has 0 saturated carbocycles. The molecule has 1 amide bonds. The van der Waals surface area contributed by atoms with E-state index in [1.165, 1.54) is 5.56 Å². The molecule has 2 aromatic rings. The predicted molar refractivity (Wildman–Crippen MR) is 89.1 cm³/mol. The molecule has 0 aliphatic heterocycles. The Bertz CT molecular complexity index is 611. The molecule has 0 fully saturated rings. The van der Waals surface area contributed by atoms with Gasteiger partial charge in [-0.05, 0) is 18.1 Å². The second kappa shape index (κ2) is 6.77. The van der Waals surface area contributed by atoms with Crippen molar-refractivity contribution in [2.75, 3.05) is 6.54 Å². The number of rotatable bonds is 5. The second-order valence-electron chi connectivity index (χ2n) is 6.64. The summed E-state index contributed by atoms with van der Waals surface area (Å²) in [7, 11) is 0. The van der Waals surface area contributed by atoms with Gasteiger partial charge < -0.3 is 5.32 Å². The van der Waals surface area contributed by atoms with Crippen LogP contribution in [0.3, 0.4) is 0 Å². The highest BCUT2D eigenvalue weighted by Crippen LogP contribution is 2.21. The van der Waals surface area contributed by atoms with Crippen molar-refractivity contribution in [1.29, 1.82) is 0 Å². The second-order valence-corrected chi connectivity index (χ2v) is 6.64. The number of nitrogens with zero attached hydrogens (tertiary/aromatic N) is 1.